The Labute approximate surface area is 208 Å². The van der Waals surface area contributed by atoms with Crippen molar-refractivity contribution in [2.24, 2.45) is 0 Å². The Morgan fingerprint density at radius 1 is 0.971 bits per heavy atom. The molecule has 0 aliphatic carbocycles. The molecule has 0 fully saturated rings. The fraction of sp³-hybridized carbons (Fsp3) is 0.160. The summed E-state index contributed by atoms with van der Waals surface area (Å²) in [6.07, 6.45) is 1.06. The number of aromatic nitrogens is 2. The number of aryl methyl sites for hydroxylation is 1. The molecule has 1 aromatic heterocycles. The summed E-state index contributed by atoms with van der Waals surface area (Å²) < 4.78 is 31.6. The third kappa shape index (κ3) is 6.65. The van der Waals surface area contributed by atoms with Gasteiger partial charge in [-0.15, -0.1) is 10.2 Å². The summed E-state index contributed by atoms with van der Waals surface area (Å²) >= 11 is 1.22. The molecule has 0 unspecified atom stereocenters. The number of carbonyl (C=O) groups excluding carboxylic acids is 1. The molecule has 8 nitrogen and oxygen atoms in total. The molecule has 4 aromatic rings. The van der Waals surface area contributed by atoms with Gasteiger partial charge >= 0.3 is 0 Å². The Bertz CT molecular complexity index is 1390. The van der Waals surface area contributed by atoms with Crippen molar-refractivity contribution < 1.29 is 17.9 Å². The number of rotatable bonds is 9. The van der Waals surface area contributed by atoms with Crippen molar-refractivity contribution in [2.45, 2.75) is 13.5 Å². The molecular weight excluding hydrogens is 484 g/mol. The largest absolute Gasteiger partial charge is 0.489 e. The highest BCUT2D eigenvalue weighted by molar-refractivity contribution is 7.92. The third-order valence-corrected chi connectivity index (χ3v) is 7.06. The third-order valence-electron chi connectivity index (χ3n) is 5.03. The van der Waals surface area contributed by atoms with Crippen molar-refractivity contribution in [1.29, 1.82) is 0 Å². The van der Waals surface area contributed by atoms with Crippen LogP contribution >= 0.6 is 11.3 Å². The average Bonchev–Trinajstić information content (AvgIpc) is 3.30. The Morgan fingerprint density at radius 2 is 1.66 bits per heavy atom. The Balaban J connectivity index is 1.41. The fourth-order valence-corrected chi connectivity index (χ4v) is 4.85. The van der Waals surface area contributed by atoms with E-state index in [1.54, 1.807) is 24.3 Å². The van der Waals surface area contributed by atoms with E-state index in [1.807, 2.05) is 61.5 Å². The first-order valence-corrected chi connectivity index (χ1v) is 13.4. The molecule has 0 spiro atoms. The second-order valence-corrected chi connectivity index (χ2v) is 10.7. The van der Waals surface area contributed by atoms with Gasteiger partial charge in [0.1, 0.15) is 23.9 Å². The minimum absolute atomic E-state index is 0.295. The molecule has 0 bridgehead atoms. The molecule has 0 saturated carbocycles. The standard InChI is InChI=1S/C25H24N4O4S2/c1-18-8-10-20(11-9-18)24-27-28-25(34-24)26-23(30)16-29(35(2,31)32)21-12-14-22(15-13-21)33-17-19-6-4-3-5-7-19/h3-15H,16-17H2,1-2H3,(H,26,28,30). The lowest BCUT2D eigenvalue weighted by Gasteiger charge is -2.21. The Kier molecular flexibility index (Phi) is 7.42. The molecule has 4 rings (SSSR count). The maximum absolute atomic E-state index is 12.7. The van der Waals surface area contributed by atoms with Crippen LogP contribution in [-0.2, 0) is 21.4 Å². The smallest absolute Gasteiger partial charge is 0.246 e. The summed E-state index contributed by atoms with van der Waals surface area (Å²) in [6, 6.07) is 24.1. The van der Waals surface area contributed by atoms with Crippen LogP contribution < -0.4 is 14.4 Å². The maximum Gasteiger partial charge on any atom is 0.246 e. The van der Waals surface area contributed by atoms with Crippen LogP contribution in [0.1, 0.15) is 11.1 Å². The van der Waals surface area contributed by atoms with Crippen molar-refractivity contribution >= 4 is 38.1 Å². The summed E-state index contributed by atoms with van der Waals surface area (Å²) in [6.45, 7) is 1.99. The number of ether oxygens (including phenoxy) is 1. The van der Waals surface area contributed by atoms with Crippen molar-refractivity contribution in [3.8, 4) is 16.3 Å². The van der Waals surface area contributed by atoms with Crippen molar-refractivity contribution in [3.63, 3.8) is 0 Å². The lowest BCUT2D eigenvalue weighted by atomic mass is 10.2. The van der Waals surface area contributed by atoms with E-state index in [9.17, 15) is 13.2 Å². The molecule has 1 amide bonds. The Morgan fingerprint density at radius 3 is 2.31 bits per heavy atom. The Hall–Kier alpha value is -3.76. The molecule has 0 aliphatic rings. The van der Waals surface area contributed by atoms with E-state index in [4.69, 9.17) is 4.74 Å². The van der Waals surface area contributed by atoms with Gasteiger partial charge in [-0.2, -0.15) is 0 Å². The second kappa shape index (κ2) is 10.7. The van der Waals surface area contributed by atoms with Crippen LogP contribution in [0.2, 0.25) is 0 Å². The number of benzene rings is 3. The molecule has 35 heavy (non-hydrogen) atoms. The fourth-order valence-electron chi connectivity index (χ4n) is 3.23. The van der Waals surface area contributed by atoms with E-state index in [0.717, 1.165) is 27.3 Å². The van der Waals surface area contributed by atoms with E-state index < -0.39 is 22.5 Å². The zero-order valence-corrected chi connectivity index (χ0v) is 20.8. The van der Waals surface area contributed by atoms with Gasteiger partial charge in [0.15, 0.2) is 0 Å². The van der Waals surface area contributed by atoms with Crippen LogP contribution in [0.25, 0.3) is 10.6 Å². The number of anilines is 2. The van der Waals surface area contributed by atoms with Gasteiger partial charge in [-0.05, 0) is 36.8 Å². The lowest BCUT2D eigenvalue weighted by Crippen LogP contribution is -2.37. The lowest BCUT2D eigenvalue weighted by molar-refractivity contribution is -0.114. The first kappa shape index (κ1) is 24.4. The number of amides is 1. The number of carbonyl (C=O) groups is 1. The van der Waals surface area contributed by atoms with Gasteiger partial charge in [-0.25, -0.2) is 8.42 Å². The van der Waals surface area contributed by atoms with Gasteiger partial charge in [0, 0.05) is 5.56 Å². The number of sulfonamides is 1. The first-order chi connectivity index (χ1) is 16.8. The van der Waals surface area contributed by atoms with Crippen LogP contribution in [0.15, 0.2) is 78.9 Å². The summed E-state index contributed by atoms with van der Waals surface area (Å²) in [5.41, 5.74) is 3.39. The molecule has 1 heterocycles. The van der Waals surface area contributed by atoms with Crippen molar-refractivity contribution in [1.82, 2.24) is 10.2 Å². The molecular formula is C25H24N4O4S2. The first-order valence-electron chi connectivity index (χ1n) is 10.7. The highest BCUT2D eigenvalue weighted by atomic mass is 32.2. The molecule has 0 aliphatic heterocycles. The minimum atomic E-state index is -3.72. The summed E-state index contributed by atoms with van der Waals surface area (Å²) in [7, 11) is -3.72. The summed E-state index contributed by atoms with van der Waals surface area (Å²) in [5.74, 6) is 0.0689. The van der Waals surface area contributed by atoms with Crippen LogP contribution in [0.5, 0.6) is 5.75 Å². The van der Waals surface area contributed by atoms with E-state index in [-0.39, 0.29) is 0 Å². The van der Waals surface area contributed by atoms with E-state index in [2.05, 4.69) is 15.5 Å². The van der Waals surface area contributed by atoms with Gasteiger partial charge in [-0.3, -0.25) is 14.4 Å². The minimum Gasteiger partial charge on any atom is -0.489 e. The molecule has 3 aromatic carbocycles. The summed E-state index contributed by atoms with van der Waals surface area (Å²) in [4.78, 5) is 12.7. The number of nitrogens with zero attached hydrogens (tertiary/aromatic N) is 3. The number of hydrogen-bond acceptors (Lipinski definition) is 7. The van der Waals surface area contributed by atoms with Gasteiger partial charge in [-0.1, -0.05) is 71.5 Å². The van der Waals surface area contributed by atoms with E-state index in [0.29, 0.717) is 28.2 Å². The number of hydrogen-bond donors (Lipinski definition) is 1. The van der Waals surface area contributed by atoms with Crippen molar-refractivity contribution in [3.05, 3.63) is 90.0 Å². The maximum atomic E-state index is 12.7. The van der Waals surface area contributed by atoms with Crippen LogP contribution in [0.3, 0.4) is 0 Å². The SMILES string of the molecule is Cc1ccc(-c2nnc(NC(=O)CN(c3ccc(OCc4ccccc4)cc3)S(C)(=O)=O)s2)cc1. The zero-order valence-electron chi connectivity index (χ0n) is 19.2. The van der Waals surface area contributed by atoms with Crippen LogP contribution in [-0.4, -0.2) is 37.3 Å². The monoisotopic (exact) mass is 508 g/mol. The molecule has 0 saturated heterocycles. The van der Waals surface area contributed by atoms with Gasteiger partial charge in [0.05, 0.1) is 11.9 Å². The molecule has 1 N–H and O–H groups in total. The second-order valence-electron chi connectivity index (χ2n) is 7.86. The molecule has 0 atom stereocenters. The number of nitrogens with one attached hydrogen (secondary N) is 1. The zero-order chi connectivity index (χ0) is 24.8. The normalized spacial score (nSPS) is 11.1. The highest BCUT2D eigenvalue weighted by Crippen LogP contribution is 2.27. The van der Waals surface area contributed by atoms with E-state index >= 15 is 0 Å². The average molecular weight is 509 g/mol. The molecule has 10 heteroatoms. The predicted molar refractivity (Wildman–Crippen MR) is 138 cm³/mol. The van der Waals surface area contributed by atoms with Gasteiger partial charge in [0.25, 0.3) is 0 Å². The van der Waals surface area contributed by atoms with E-state index in [1.165, 1.54) is 11.3 Å². The van der Waals surface area contributed by atoms with Gasteiger partial charge < -0.3 is 4.74 Å². The van der Waals surface area contributed by atoms with Gasteiger partial charge in [0.2, 0.25) is 21.1 Å². The topological polar surface area (TPSA) is 101 Å². The highest BCUT2D eigenvalue weighted by Gasteiger charge is 2.22. The molecule has 180 valence electrons. The predicted octanol–water partition coefficient (Wildman–Crippen LogP) is 4.50. The summed E-state index contributed by atoms with van der Waals surface area (Å²) in [5, 5.41) is 11.7. The quantitative estimate of drug-likeness (QED) is 0.357. The molecule has 0 radical (unpaired) electrons. The van der Waals surface area contributed by atoms with Crippen LogP contribution in [0, 0.1) is 6.92 Å². The van der Waals surface area contributed by atoms with Crippen molar-refractivity contribution in [2.75, 3.05) is 22.4 Å². The van der Waals surface area contributed by atoms with Crippen LogP contribution in [0.4, 0.5) is 10.8 Å².